The number of ether oxygens (including phenoxy) is 1. The van der Waals surface area contributed by atoms with Crippen LogP contribution in [0.25, 0.3) is 0 Å². The molecule has 2 aliphatic rings. The molecule has 0 spiro atoms. The Morgan fingerprint density at radius 3 is 2.19 bits per heavy atom. The van der Waals surface area contributed by atoms with Gasteiger partial charge in [0.25, 0.3) is 11.5 Å². The van der Waals surface area contributed by atoms with Crippen LogP contribution in [0.3, 0.4) is 0 Å². The molecule has 0 saturated carbocycles. The summed E-state index contributed by atoms with van der Waals surface area (Å²) in [6.07, 6.45) is -11.5. The fourth-order valence-corrected chi connectivity index (χ4v) is 6.00. The maximum atomic E-state index is 13.5. The van der Waals surface area contributed by atoms with Gasteiger partial charge in [-0.05, 0) is 63.4 Å². The van der Waals surface area contributed by atoms with E-state index in [1.165, 1.54) is 4.90 Å². The topological polar surface area (TPSA) is 102 Å². The Balaban J connectivity index is 1.48. The predicted octanol–water partition coefficient (Wildman–Crippen LogP) is 5.24. The van der Waals surface area contributed by atoms with Crippen molar-refractivity contribution in [3.63, 3.8) is 0 Å². The minimum atomic E-state index is -6.01. The first-order valence-electron chi connectivity index (χ1n) is 15.2. The molecular formula is C32H38F6N4O5. The predicted molar refractivity (Wildman–Crippen MR) is 160 cm³/mol. The minimum absolute atomic E-state index is 0.0580. The van der Waals surface area contributed by atoms with Crippen LogP contribution in [-0.4, -0.2) is 83.4 Å². The zero-order chi connectivity index (χ0) is 35.1. The third-order valence-corrected chi connectivity index (χ3v) is 8.50. The monoisotopic (exact) mass is 672 g/mol. The fourth-order valence-electron chi connectivity index (χ4n) is 6.00. The van der Waals surface area contributed by atoms with Gasteiger partial charge in [-0.15, -0.1) is 0 Å². The number of urea groups is 1. The molecule has 2 heterocycles. The average molecular weight is 673 g/mol. The van der Waals surface area contributed by atoms with E-state index in [0.717, 1.165) is 17.0 Å². The first-order valence-corrected chi connectivity index (χ1v) is 15.2. The molecule has 0 bridgehead atoms. The molecule has 2 atom stereocenters. The van der Waals surface area contributed by atoms with E-state index in [0.29, 0.717) is 29.5 Å². The second-order valence-corrected chi connectivity index (χ2v) is 12.3. The summed E-state index contributed by atoms with van der Waals surface area (Å²) in [5.74, 6) is -0.525. The number of piperazine rings is 1. The van der Waals surface area contributed by atoms with Crippen molar-refractivity contribution < 1.29 is 50.6 Å². The van der Waals surface area contributed by atoms with Gasteiger partial charge >= 0.3 is 18.4 Å². The van der Waals surface area contributed by atoms with Gasteiger partial charge in [0.05, 0.1) is 6.10 Å². The molecule has 0 aliphatic carbocycles. The highest BCUT2D eigenvalue weighted by Crippen LogP contribution is 2.50. The first kappa shape index (κ1) is 35.8. The Morgan fingerprint density at radius 1 is 1.04 bits per heavy atom. The van der Waals surface area contributed by atoms with Crippen molar-refractivity contribution in [1.29, 1.82) is 0 Å². The zero-order valence-electron chi connectivity index (χ0n) is 26.6. The van der Waals surface area contributed by atoms with E-state index in [4.69, 9.17) is 4.74 Å². The molecule has 9 nitrogen and oxygen atoms in total. The molecule has 4 amide bonds. The largest absolute Gasteiger partial charge is 0.491 e. The van der Waals surface area contributed by atoms with E-state index in [1.54, 1.807) is 49.9 Å². The number of nitrogens with one attached hydrogen (secondary N) is 1. The van der Waals surface area contributed by atoms with E-state index in [-0.39, 0.29) is 37.7 Å². The SMILES string of the molecule is CCCc1cc(C(O)(C(F)(F)F)C(F)(F)F)ccc1N1CCN(C(=O)CN2C(=O)NC(C)(c3ccc(OC(C)C)cc3)C2=O)C[C@H]1C. The third-order valence-electron chi connectivity index (χ3n) is 8.50. The van der Waals surface area contributed by atoms with Crippen LogP contribution < -0.4 is 15.0 Å². The molecule has 2 aromatic rings. The normalized spacial score (nSPS) is 21.0. The molecule has 2 aliphatic heterocycles. The second-order valence-electron chi connectivity index (χ2n) is 12.3. The average Bonchev–Trinajstić information content (AvgIpc) is 3.19. The molecule has 4 rings (SSSR count). The summed E-state index contributed by atoms with van der Waals surface area (Å²) in [5.41, 5.74) is -6.71. The lowest BCUT2D eigenvalue weighted by molar-refractivity contribution is -0.376. The highest BCUT2D eigenvalue weighted by Gasteiger charge is 2.71. The lowest BCUT2D eigenvalue weighted by Gasteiger charge is -2.42. The van der Waals surface area contributed by atoms with E-state index < -0.39 is 59.5 Å². The number of imide groups is 1. The summed E-state index contributed by atoms with van der Waals surface area (Å²) in [7, 11) is 0. The third kappa shape index (κ3) is 6.72. The molecule has 2 fully saturated rings. The van der Waals surface area contributed by atoms with Gasteiger partial charge in [-0.25, -0.2) is 4.79 Å². The number of nitrogens with zero attached hydrogens (tertiary/aromatic N) is 3. The lowest BCUT2D eigenvalue weighted by atomic mass is 9.89. The Morgan fingerprint density at radius 2 is 1.66 bits per heavy atom. The summed E-state index contributed by atoms with van der Waals surface area (Å²) in [6, 6.07) is 8.01. The molecule has 2 saturated heterocycles. The van der Waals surface area contributed by atoms with Crippen LogP contribution >= 0.6 is 0 Å². The molecule has 2 aromatic carbocycles. The van der Waals surface area contributed by atoms with E-state index in [1.807, 2.05) is 13.8 Å². The van der Waals surface area contributed by atoms with E-state index >= 15 is 0 Å². The molecule has 0 radical (unpaired) electrons. The van der Waals surface area contributed by atoms with Crippen molar-refractivity contribution in [2.45, 2.75) is 83.1 Å². The summed E-state index contributed by atoms with van der Waals surface area (Å²) in [6.45, 7) is 8.61. The number of anilines is 1. The number of amides is 4. The standard InChI is InChI=1S/C32H38F6N4O5/c1-6-7-21-16-23(30(46,31(33,34)35)32(36,37)38)10-13-25(21)41-15-14-40(17-20(41)4)26(43)18-42-27(44)29(5,39-28(42)45)22-8-11-24(12-9-22)47-19(2)3/h8-13,16,19-20,46H,6-7,14-15,17-18H2,1-5H3,(H,39,45)/t20-,29?/m1/s1. The highest BCUT2D eigenvalue weighted by atomic mass is 19.4. The Labute approximate surface area is 268 Å². The van der Waals surface area contributed by atoms with Crippen molar-refractivity contribution in [1.82, 2.24) is 15.1 Å². The number of benzene rings is 2. The van der Waals surface area contributed by atoms with Crippen molar-refractivity contribution in [3.8, 4) is 5.75 Å². The van der Waals surface area contributed by atoms with Gasteiger partial charge in [-0.1, -0.05) is 37.6 Å². The number of carbonyl (C=O) groups is 3. The molecule has 1 unspecified atom stereocenters. The summed E-state index contributed by atoms with van der Waals surface area (Å²) in [4.78, 5) is 43.7. The van der Waals surface area contributed by atoms with E-state index in [9.17, 15) is 45.8 Å². The zero-order valence-corrected chi connectivity index (χ0v) is 26.6. The molecule has 15 heteroatoms. The lowest BCUT2D eigenvalue weighted by Crippen LogP contribution is -2.56. The minimum Gasteiger partial charge on any atom is -0.491 e. The van der Waals surface area contributed by atoms with E-state index in [2.05, 4.69) is 5.32 Å². The first-order chi connectivity index (χ1) is 21.7. The number of aryl methyl sites for hydroxylation is 1. The number of alkyl halides is 6. The van der Waals surface area contributed by atoms with Gasteiger partial charge in [-0.3, -0.25) is 14.5 Å². The van der Waals surface area contributed by atoms with Crippen LogP contribution in [0.5, 0.6) is 5.75 Å². The highest BCUT2D eigenvalue weighted by molar-refractivity contribution is 6.09. The van der Waals surface area contributed by atoms with Crippen LogP contribution in [0.1, 0.15) is 57.7 Å². The molecule has 2 N–H and O–H groups in total. The number of rotatable bonds is 9. The van der Waals surface area contributed by atoms with Crippen molar-refractivity contribution in [2.24, 2.45) is 0 Å². The summed E-state index contributed by atoms with van der Waals surface area (Å²) >= 11 is 0. The van der Waals surface area contributed by atoms with Gasteiger partial charge < -0.3 is 25.0 Å². The maximum absolute atomic E-state index is 13.5. The number of halogens is 6. The van der Waals surface area contributed by atoms with Crippen molar-refractivity contribution >= 4 is 23.5 Å². The molecule has 258 valence electrons. The van der Waals surface area contributed by atoms with Crippen LogP contribution in [0.15, 0.2) is 42.5 Å². The van der Waals surface area contributed by atoms with Crippen LogP contribution in [0, 0.1) is 0 Å². The van der Waals surface area contributed by atoms with Crippen LogP contribution in [-0.2, 0) is 27.1 Å². The Kier molecular flexibility index (Phi) is 9.83. The number of hydrogen-bond acceptors (Lipinski definition) is 6. The number of aliphatic hydroxyl groups is 1. The molecule has 0 aromatic heterocycles. The summed E-state index contributed by atoms with van der Waals surface area (Å²) < 4.78 is 86.9. The molecular weight excluding hydrogens is 634 g/mol. The quantitative estimate of drug-likeness (QED) is 0.279. The second kappa shape index (κ2) is 12.9. The van der Waals surface area contributed by atoms with Crippen LogP contribution in [0.2, 0.25) is 0 Å². The molecule has 47 heavy (non-hydrogen) atoms. The number of hydrogen-bond donors (Lipinski definition) is 2. The van der Waals surface area contributed by atoms with Gasteiger partial charge in [0.2, 0.25) is 5.91 Å². The van der Waals surface area contributed by atoms with Crippen LogP contribution in [0.4, 0.5) is 36.8 Å². The van der Waals surface area contributed by atoms with Gasteiger partial charge in [0, 0.05) is 36.9 Å². The van der Waals surface area contributed by atoms with Crippen molar-refractivity contribution in [2.75, 3.05) is 31.1 Å². The summed E-state index contributed by atoms with van der Waals surface area (Å²) in [5, 5.41) is 12.6. The maximum Gasteiger partial charge on any atom is 0.430 e. The number of carbonyl (C=O) groups excluding carboxylic acids is 3. The van der Waals surface area contributed by atoms with Crippen molar-refractivity contribution in [3.05, 3.63) is 59.2 Å². The smallest absolute Gasteiger partial charge is 0.430 e. The Bertz CT molecular complexity index is 1480. The van der Waals surface area contributed by atoms with Gasteiger partial charge in [-0.2, -0.15) is 26.3 Å². The fraction of sp³-hybridized carbons (Fsp3) is 0.531. The van der Waals surface area contributed by atoms with Gasteiger partial charge in [0.15, 0.2) is 0 Å². The van der Waals surface area contributed by atoms with Gasteiger partial charge in [0.1, 0.15) is 17.8 Å². The Hall–Kier alpha value is -4.01.